The molecule has 1 amide bonds. The molecule has 1 aromatic carbocycles. The van der Waals surface area contributed by atoms with Crippen molar-refractivity contribution in [1.82, 2.24) is 4.90 Å². The van der Waals surface area contributed by atoms with E-state index in [2.05, 4.69) is 0 Å². The van der Waals surface area contributed by atoms with Crippen LogP contribution >= 0.6 is 12.2 Å². The lowest BCUT2D eigenvalue weighted by Gasteiger charge is -2.24. The van der Waals surface area contributed by atoms with E-state index in [1.54, 1.807) is 11.9 Å². The highest BCUT2D eigenvalue weighted by molar-refractivity contribution is 7.80. The molecule has 0 saturated carbocycles. The second-order valence-electron chi connectivity index (χ2n) is 4.31. The van der Waals surface area contributed by atoms with Crippen LogP contribution in [0.4, 0.5) is 0 Å². The smallest absolute Gasteiger partial charge is 0.254 e. The van der Waals surface area contributed by atoms with Crippen molar-refractivity contribution in [2.45, 2.75) is 26.8 Å². The van der Waals surface area contributed by atoms with E-state index in [0.717, 1.165) is 11.1 Å². The zero-order valence-electron chi connectivity index (χ0n) is 10.7. The number of nitrogens with two attached hydrogens (primary N) is 1. The zero-order valence-corrected chi connectivity index (χ0v) is 11.5. The molecule has 1 unspecified atom stereocenters. The number of aryl methyl sites for hydroxylation is 2. The van der Waals surface area contributed by atoms with Crippen LogP contribution in [-0.2, 0) is 0 Å². The number of thiocarbonyl (C=S) groups is 1. The van der Waals surface area contributed by atoms with E-state index in [1.165, 1.54) is 0 Å². The van der Waals surface area contributed by atoms with Gasteiger partial charge in [-0.25, -0.2) is 0 Å². The zero-order chi connectivity index (χ0) is 13.2. The maximum atomic E-state index is 12.2. The third-order valence-electron chi connectivity index (χ3n) is 2.93. The number of carbonyl (C=O) groups excluding carboxylic acids is 1. The van der Waals surface area contributed by atoms with E-state index < -0.39 is 0 Å². The van der Waals surface area contributed by atoms with Gasteiger partial charge < -0.3 is 10.6 Å². The largest absolute Gasteiger partial charge is 0.392 e. The van der Waals surface area contributed by atoms with Crippen LogP contribution in [-0.4, -0.2) is 28.9 Å². The highest BCUT2D eigenvalue weighted by atomic mass is 32.1. The van der Waals surface area contributed by atoms with Crippen LogP contribution in [0.3, 0.4) is 0 Å². The fraction of sp³-hybridized carbons (Fsp3) is 0.385. The molecule has 92 valence electrons. The predicted molar refractivity (Wildman–Crippen MR) is 74.3 cm³/mol. The SMILES string of the molecule is Cc1ccc(C(=O)N(C)C(C)C(N)=S)c(C)c1. The number of hydrogen-bond acceptors (Lipinski definition) is 2. The Morgan fingerprint density at radius 2 is 2.00 bits per heavy atom. The van der Waals surface area contributed by atoms with Gasteiger partial charge in [-0.05, 0) is 32.4 Å². The minimum Gasteiger partial charge on any atom is -0.392 e. The molecule has 0 saturated heterocycles. The number of benzene rings is 1. The van der Waals surface area contributed by atoms with Crippen LogP contribution < -0.4 is 5.73 Å². The molecule has 17 heavy (non-hydrogen) atoms. The molecular formula is C13H18N2OS. The number of nitrogens with zero attached hydrogens (tertiary/aromatic N) is 1. The summed E-state index contributed by atoms with van der Waals surface area (Å²) in [5, 5.41) is 0. The molecule has 0 aliphatic heterocycles. The third-order valence-corrected chi connectivity index (χ3v) is 3.27. The first-order valence-corrected chi connectivity index (χ1v) is 5.89. The van der Waals surface area contributed by atoms with Crippen LogP contribution in [0.1, 0.15) is 28.4 Å². The molecule has 1 rings (SSSR count). The monoisotopic (exact) mass is 250 g/mol. The topological polar surface area (TPSA) is 46.3 Å². The summed E-state index contributed by atoms with van der Waals surface area (Å²) < 4.78 is 0. The molecule has 0 spiro atoms. The molecule has 0 aliphatic rings. The average Bonchev–Trinajstić information content (AvgIpc) is 2.26. The standard InChI is InChI=1S/C13H18N2OS/c1-8-5-6-11(9(2)7-8)13(16)15(4)10(3)12(14)17/h5-7,10H,1-4H3,(H2,14,17). The number of amides is 1. The summed E-state index contributed by atoms with van der Waals surface area (Å²) in [4.78, 5) is 14.1. The molecule has 0 aliphatic carbocycles. The van der Waals surface area contributed by atoms with Crippen LogP contribution in [0.5, 0.6) is 0 Å². The molecule has 2 N–H and O–H groups in total. The van der Waals surface area contributed by atoms with E-state index in [-0.39, 0.29) is 11.9 Å². The van der Waals surface area contributed by atoms with Gasteiger partial charge in [0.15, 0.2) is 0 Å². The Morgan fingerprint density at radius 3 is 2.47 bits per heavy atom. The summed E-state index contributed by atoms with van der Waals surface area (Å²) >= 11 is 4.90. The average molecular weight is 250 g/mol. The summed E-state index contributed by atoms with van der Waals surface area (Å²) in [5.74, 6) is -0.0530. The highest BCUT2D eigenvalue weighted by Crippen LogP contribution is 2.14. The van der Waals surface area contributed by atoms with Gasteiger partial charge >= 0.3 is 0 Å². The second kappa shape index (κ2) is 5.27. The van der Waals surface area contributed by atoms with Gasteiger partial charge in [0.1, 0.15) is 0 Å². The molecule has 0 radical (unpaired) electrons. The van der Waals surface area contributed by atoms with Crippen molar-refractivity contribution in [2.75, 3.05) is 7.05 Å². The molecule has 3 nitrogen and oxygen atoms in total. The van der Waals surface area contributed by atoms with Gasteiger partial charge in [0.05, 0.1) is 11.0 Å². The van der Waals surface area contributed by atoms with Crippen molar-refractivity contribution in [2.24, 2.45) is 5.73 Å². The van der Waals surface area contributed by atoms with E-state index in [0.29, 0.717) is 10.6 Å². The van der Waals surface area contributed by atoms with Crippen molar-refractivity contribution in [3.05, 3.63) is 34.9 Å². The molecule has 0 heterocycles. The maximum Gasteiger partial charge on any atom is 0.254 e. The summed E-state index contributed by atoms with van der Waals surface area (Å²) in [5.41, 5.74) is 8.36. The van der Waals surface area contributed by atoms with Crippen molar-refractivity contribution >= 4 is 23.1 Å². The first kappa shape index (κ1) is 13.6. The number of carbonyl (C=O) groups is 1. The predicted octanol–water partition coefficient (Wildman–Crippen LogP) is 2.05. The van der Waals surface area contributed by atoms with Gasteiger partial charge in [-0.15, -0.1) is 0 Å². The van der Waals surface area contributed by atoms with Gasteiger partial charge in [0.25, 0.3) is 5.91 Å². The van der Waals surface area contributed by atoms with Crippen molar-refractivity contribution < 1.29 is 4.79 Å². The van der Waals surface area contributed by atoms with Gasteiger partial charge in [-0.2, -0.15) is 0 Å². The molecule has 1 aromatic rings. The number of hydrogen-bond donors (Lipinski definition) is 1. The Kier molecular flexibility index (Phi) is 4.23. The minimum atomic E-state index is -0.238. The van der Waals surface area contributed by atoms with Crippen LogP contribution in [0.15, 0.2) is 18.2 Å². The van der Waals surface area contributed by atoms with Crippen LogP contribution in [0.2, 0.25) is 0 Å². The number of likely N-dealkylation sites (N-methyl/N-ethyl adjacent to an activating group) is 1. The third kappa shape index (κ3) is 3.03. The summed E-state index contributed by atoms with van der Waals surface area (Å²) in [6.45, 7) is 5.76. The molecule has 0 fully saturated rings. The minimum absolute atomic E-state index is 0.0530. The Bertz CT molecular complexity index is 457. The molecular weight excluding hydrogens is 232 g/mol. The Hall–Kier alpha value is -1.42. The molecule has 0 aromatic heterocycles. The molecule has 1 atom stereocenters. The maximum absolute atomic E-state index is 12.2. The lowest BCUT2D eigenvalue weighted by Crippen LogP contribution is -2.42. The summed E-state index contributed by atoms with van der Waals surface area (Å²) in [6, 6.07) is 5.53. The second-order valence-corrected chi connectivity index (χ2v) is 4.78. The Morgan fingerprint density at radius 1 is 1.41 bits per heavy atom. The molecule has 4 heteroatoms. The first-order chi connectivity index (χ1) is 7.84. The van der Waals surface area contributed by atoms with Crippen LogP contribution in [0, 0.1) is 13.8 Å². The van der Waals surface area contributed by atoms with Crippen molar-refractivity contribution in [3.8, 4) is 0 Å². The van der Waals surface area contributed by atoms with Gasteiger partial charge in [0.2, 0.25) is 0 Å². The molecule has 0 bridgehead atoms. The first-order valence-electron chi connectivity index (χ1n) is 5.48. The van der Waals surface area contributed by atoms with Gasteiger partial charge in [-0.1, -0.05) is 29.9 Å². The van der Waals surface area contributed by atoms with Gasteiger partial charge in [0, 0.05) is 12.6 Å². The van der Waals surface area contributed by atoms with Gasteiger partial charge in [-0.3, -0.25) is 4.79 Å². The Balaban J connectivity index is 3.00. The van der Waals surface area contributed by atoms with E-state index in [1.807, 2.05) is 39.0 Å². The lowest BCUT2D eigenvalue weighted by atomic mass is 10.0. The fourth-order valence-corrected chi connectivity index (χ4v) is 1.77. The van der Waals surface area contributed by atoms with E-state index >= 15 is 0 Å². The quantitative estimate of drug-likeness (QED) is 0.835. The Labute approximate surface area is 108 Å². The van der Waals surface area contributed by atoms with Crippen LogP contribution in [0.25, 0.3) is 0 Å². The lowest BCUT2D eigenvalue weighted by molar-refractivity contribution is 0.0778. The fourth-order valence-electron chi connectivity index (χ4n) is 1.61. The highest BCUT2D eigenvalue weighted by Gasteiger charge is 2.20. The van der Waals surface area contributed by atoms with E-state index in [9.17, 15) is 4.79 Å². The van der Waals surface area contributed by atoms with Crippen molar-refractivity contribution in [3.63, 3.8) is 0 Å². The van der Waals surface area contributed by atoms with E-state index in [4.69, 9.17) is 18.0 Å². The summed E-state index contributed by atoms with van der Waals surface area (Å²) in [6.07, 6.45) is 0. The number of rotatable bonds is 3. The normalized spacial score (nSPS) is 12.0. The van der Waals surface area contributed by atoms with Crippen molar-refractivity contribution in [1.29, 1.82) is 0 Å². The summed E-state index contributed by atoms with van der Waals surface area (Å²) in [7, 11) is 1.71.